The van der Waals surface area contributed by atoms with Crippen molar-refractivity contribution in [1.82, 2.24) is 15.1 Å². The first-order valence-electron chi connectivity index (χ1n) is 8.90. The van der Waals surface area contributed by atoms with Gasteiger partial charge in [0.25, 0.3) is 0 Å². The van der Waals surface area contributed by atoms with Crippen molar-refractivity contribution in [3.05, 3.63) is 29.3 Å². The predicted octanol–water partition coefficient (Wildman–Crippen LogP) is 1.20. The lowest BCUT2D eigenvalue weighted by molar-refractivity contribution is -0.132. The van der Waals surface area contributed by atoms with Gasteiger partial charge in [0.15, 0.2) is 0 Å². The van der Waals surface area contributed by atoms with Crippen LogP contribution in [0.2, 0.25) is 5.02 Å². The Hall–Kier alpha value is -1.79. The zero-order valence-corrected chi connectivity index (χ0v) is 15.2. The van der Waals surface area contributed by atoms with Crippen LogP contribution in [0, 0.1) is 0 Å². The molecule has 0 bridgehead atoms. The molecule has 136 valence electrons. The van der Waals surface area contributed by atoms with Gasteiger partial charge in [-0.15, -0.1) is 0 Å². The van der Waals surface area contributed by atoms with Crippen LogP contribution >= 0.6 is 11.6 Å². The number of nitrogens with one attached hydrogen (secondary N) is 1. The van der Waals surface area contributed by atoms with Crippen molar-refractivity contribution >= 4 is 29.1 Å². The smallest absolute Gasteiger partial charge is 0.241 e. The van der Waals surface area contributed by atoms with Gasteiger partial charge in [0.05, 0.1) is 23.8 Å². The third-order valence-electron chi connectivity index (χ3n) is 4.83. The van der Waals surface area contributed by atoms with Gasteiger partial charge < -0.3 is 15.1 Å². The summed E-state index contributed by atoms with van der Waals surface area (Å²) in [6.45, 7) is 5.37. The number of nitrogens with zero attached hydrogens (tertiary/aromatic N) is 3. The molecule has 0 saturated carbocycles. The summed E-state index contributed by atoms with van der Waals surface area (Å²) in [4.78, 5) is 30.2. The third-order valence-corrected chi connectivity index (χ3v) is 5.15. The van der Waals surface area contributed by atoms with Crippen LogP contribution in [0.15, 0.2) is 24.3 Å². The van der Waals surface area contributed by atoms with Gasteiger partial charge in [0.1, 0.15) is 0 Å². The van der Waals surface area contributed by atoms with E-state index in [-0.39, 0.29) is 18.4 Å². The van der Waals surface area contributed by atoms with Crippen molar-refractivity contribution in [1.29, 1.82) is 0 Å². The molecule has 1 aromatic rings. The Morgan fingerprint density at radius 1 is 1.00 bits per heavy atom. The lowest BCUT2D eigenvalue weighted by Crippen LogP contribution is -2.50. The number of carbonyl (C=O) groups is 2. The van der Waals surface area contributed by atoms with E-state index in [4.69, 9.17) is 11.6 Å². The number of hydrogen-bond acceptors (Lipinski definition) is 4. The first-order valence-corrected chi connectivity index (χ1v) is 9.27. The summed E-state index contributed by atoms with van der Waals surface area (Å²) in [7, 11) is 0. The molecule has 2 amide bonds. The number of halogens is 1. The molecule has 2 heterocycles. The fraction of sp³-hybridized carbons (Fsp3) is 0.556. The second-order valence-electron chi connectivity index (χ2n) is 6.58. The van der Waals surface area contributed by atoms with Crippen LogP contribution in [0.1, 0.15) is 12.8 Å². The molecule has 0 spiro atoms. The van der Waals surface area contributed by atoms with Crippen molar-refractivity contribution in [2.75, 3.05) is 57.3 Å². The average molecular weight is 365 g/mol. The van der Waals surface area contributed by atoms with Crippen LogP contribution < -0.4 is 10.2 Å². The van der Waals surface area contributed by atoms with Crippen LogP contribution in [0.3, 0.4) is 0 Å². The van der Waals surface area contributed by atoms with Crippen molar-refractivity contribution in [2.24, 2.45) is 0 Å². The summed E-state index contributed by atoms with van der Waals surface area (Å²) in [5.41, 5.74) is 1.05. The van der Waals surface area contributed by atoms with E-state index < -0.39 is 0 Å². The summed E-state index contributed by atoms with van der Waals surface area (Å²) in [5, 5.41) is 3.51. The summed E-state index contributed by atoms with van der Waals surface area (Å²) >= 11 is 6.25. The zero-order valence-electron chi connectivity index (χ0n) is 14.4. The van der Waals surface area contributed by atoms with E-state index in [1.165, 1.54) is 0 Å². The largest absolute Gasteiger partial charge is 0.368 e. The maximum absolute atomic E-state index is 12.1. The van der Waals surface area contributed by atoms with Gasteiger partial charge in [-0.1, -0.05) is 23.7 Å². The average Bonchev–Trinajstić information content (AvgIpc) is 3.16. The van der Waals surface area contributed by atoms with Crippen molar-refractivity contribution in [3.63, 3.8) is 0 Å². The molecular weight excluding hydrogens is 340 g/mol. The standard InChI is InChI=1S/C18H25ClN4O2/c19-15-5-1-2-6-16(15)22-11-9-21(10-12-22)14-17(24)20-13-18(25)23-7-3-4-8-23/h1-2,5-6H,3-4,7-14H2,(H,20,24). The molecular formula is C18H25ClN4O2. The van der Waals surface area contributed by atoms with Crippen molar-refractivity contribution < 1.29 is 9.59 Å². The number of benzene rings is 1. The highest BCUT2D eigenvalue weighted by Gasteiger charge is 2.22. The maximum atomic E-state index is 12.1. The van der Waals surface area contributed by atoms with Crippen LogP contribution in [0.4, 0.5) is 5.69 Å². The molecule has 2 fully saturated rings. The minimum Gasteiger partial charge on any atom is -0.368 e. The topological polar surface area (TPSA) is 55.9 Å². The Bertz CT molecular complexity index is 611. The van der Waals surface area contributed by atoms with Gasteiger partial charge in [-0.2, -0.15) is 0 Å². The van der Waals surface area contributed by atoms with Gasteiger partial charge in [-0.05, 0) is 25.0 Å². The quantitative estimate of drug-likeness (QED) is 0.853. The highest BCUT2D eigenvalue weighted by molar-refractivity contribution is 6.33. The minimum atomic E-state index is -0.0845. The van der Waals surface area contributed by atoms with Crippen LogP contribution in [-0.4, -0.2) is 74.0 Å². The maximum Gasteiger partial charge on any atom is 0.241 e. The molecule has 0 unspecified atom stereocenters. The second kappa shape index (κ2) is 8.54. The molecule has 1 aromatic carbocycles. The number of amides is 2. The molecule has 0 radical (unpaired) electrons. The summed E-state index contributed by atoms with van der Waals surface area (Å²) in [5.74, 6) is -0.0619. The molecule has 6 nitrogen and oxygen atoms in total. The Morgan fingerprint density at radius 2 is 1.68 bits per heavy atom. The van der Waals surface area contributed by atoms with Gasteiger partial charge in [-0.3, -0.25) is 14.5 Å². The van der Waals surface area contributed by atoms with Gasteiger partial charge >= 0.3 is 0 Å². The summed E-state index contributed by atoms with van der Waals surface area (Å²) in [6, 6.07) is 7.83. The van der Waals surface area contributed by atoms with E-state index in [1.807, 2.05) is 29.2 Å². The van der Waals surface area contributed by atoms with E-state index in [0.29, 0.717) is 6.54 Å². The van der Waals surface area contributed by atoms with E-state index in [9.17, 15) is 9.59 Å². The van der Waals surface area contributed by atoms with Gasteiger partial charge in [-0.25, -0.2) is 0 Å². The molecule has 2 aliphatic rings. The Labute approximate surface area is 153 Å². The van der Waals surface area contributed by atoms with Crippen molar-refractivity contribution in [3.8, 4) is 0 Å². The summed E-state index contributed by atoms with van der Waals surface area (Å²) < 4.78 is 0. The lowest BCUT2D eigenvalue weighted by Gasteiger charge is -2.36. The lowest BCUT2D eigenvalue weighted by atomic mass is 10.2. The van der Waals surface area contributed by atoms with E-state index >= 15 is 0 Å². The molecule has 0 aliphatic carbocycles. The molecule has 7 heteroatoms. The fourth-order valence-corrected chi connectivity index (χ4v) is 3.62. The van der Waals surface area contributed by atoms with E-state index in [0.717, 1.165) is 62.8 Å². The third kappa shape index (κ3) is 4.86. The highest BCUT2D eigenvalue weighted by atomic mass is 35.5. The number of hydrogen-bond donors (Lipinski definition) is 1. The second-order valence-corrected chi connectivity index (χ2v) is 6.99. The van der Waals surface area contributed by atoms with Gasteiger partial charge in [0, 0.05) is 39.3 Å². The fourth-order valence-electron chi connectivity index (χ4n) is 3.37. The number of carbonyl (C=O) groups excluding carboxylic acids is 2. The molecule has 0 aromatic heterocycles. The Kier molecular flexibility index (Phi) is 6.15. The number of para-hydroxylation sites is 1. The SMILES string of the molecule is O=C(CN1CCN(c2ccccc2Cl)CC1)NCC(=O)N1CCCC1. The van der Waals surface area contributed by atoms with Crippen LogP contribution in [0.25, 0.3) is 0 Å². The number of piperazine rings is 1. The zero-order chi connectivity index (χ0) is 17.6. The molecule has 1 N–H and O–H groups in total. The predicted molar refractivity (Wildman–Crippen MR) is 98.9 cm³/mol. The van der Waals surface area contributed by atoms with E-state index in [2.05, 4.69) is 15.1 Å². The van der Waals surface area contributed by atoms with Gasteiger partial charge in [0.2, 0.25) is 11.8 Å². The van der Waals surface area contributed by atoms with Crippen LogP contribution in [-0.2, 0) is 9.59 Å². The first kappa shape index (κ1) is 18.0. The molecule has 3 rings (SSSR count). The molecule has 2 saturated heterocycles. The molecule has 0 atom stereocenters. The summed E-state index contributed by atoms with van der Waals surface area (Å²) in [6.07, 6.45) is 2.13. The number of likely N-dealkylation sites (tertiary alicyclic amines) is 1. The monoisotopic (exact) mass is 364 g/mol. The minimum absolute atomic E-state index is 0.0226. The normalized spacial score (nSPS) is 18.4. The highest BCUT2D eigenvalue weighted by Crippen LogP contribution is 2.25. The number of rotatable bonds is 5. The number of anilines is 1. The van der Waals surface area contributed by atoms with E-state index in [1.54, 1.807) is 0 Å². The molecule has 25 heavy (non-hydrogen) atoms. The van der Waals surface area contributed by atoms with Crippen molar-refractivity contribution in [2.45, 2.75) is 12.8 Å². The molecule has 2 aliphatic heterocycles. The first-order chi connectivity index (χ1) is 12.1. The Balaban J connectivity index is 1.39. The Morgan fingerprint density at radius 3 is 2.36 bits per heavy atom. The van der Waals surface area contributed by atoms with Crippen LogP contribution in [0.5, 0.6) is 0 Å².